The zero-order valence-electron chi connectivity index (χ0n) is 35.1. The lowest BCUT2D eigenvalue weighted by Crippen LogP contribution is -2.27. The smallest absolute Gasteiger partial charge is 0.416 e. The van der Waals surface area contributed by atoms with E-state index in [-0.39, 0.29) is 60.7 Å². The molecule has 6 heterocycles. The number of carbonyl (C=O) groups is 2. The maximum atomic E-state index is 13.0. The van der Waals surface area contributed by atoms with Gasteiger partial charge in [0.25, 0.3) is 11.1 Å². The minimum absolute atomic E-state index is 0.0105. The van der Waals surface area contributed by atoms with Crippen LogP contribution < -0.4 is 11.1 Å². The molecule has 19 heteroatoms. The average Bonchev–Trinajstić information content (AvgIpc) is 4.10. The number of ether oxygens (including phenoxy) is 2. The van der Waals surface area contributed by atoms with Gasteiger partial charge in [0.05, 0.1) is 74.1 Å². The van der Waals surface area contributed by atoms with Crippen molar-refractivity contribution in [2.45, 2.75) is 110 Å². The van der Waals surface area contributed by atoms with Crippen LogP contribution in [0.1, 0.15) is 91.3 Å². The third kappa shape index (κ3) is 10.3. The summed E-state index contributed by atoms with van der Waals surface area (Å²) in [6.07, 6.45) is 2.07. The Labute approximate surface area is 380 Å². The molecular formula is C45H43F3N6O6S4. The highest BCUT2D eigenvalue weighted by atomic mass is 32.1. The van der Waals surface area contributed by atoms with Crippen LogP contribution in [0.5, 0.6) is 0 Å². The van der Waals surface area contributed by atoms with Crippen LogP contribution >= 0.6 is 45.3 Å². The normalized spacial score (nSPS) is 13.5. The van der Waals surface area contributed by atoms with Crippen molar-refractivity contribution in [3.05, 3.63) is 111 Å². The van der Waals surface area contributed by atoms with Crippen LogP contribution in [0.25, 0.3) is 42.0 Å². The van der Waals surface area contributed by atoms with E-state index in [1.165, 1.54) is 55.9 Å². The lowest BCUT2D eigenvalue weighted by molar-refractivity contribution is -0.150. The molecule has 334 valence electrons. The summed E-state index contributed by atoms with van der Waals surface area (Å²) >= 11 is 5.53. The van der Waals surface area contributed by atoms with Gasteiger partial charge >= 0.3 is 18.1 Å². The fourth-order valence-corrected chi connectivity index (χ4v) is 11.1. The van der Waals surface area contributed by atoms with Crippen LogP contribution in [-0.4, -0.2) is 53.7 Å². The number of esters is 2. The molecule has 0 aliphatic heterocycles. The van der Waals surface area contributed by atoms with E-state index in [1.54, 1.807) is 22.1 Å². The molecule has 12 nitrogen and oxygen atoms in total. The number of thiophene rings is 2. The maximum Gasteiger partial charge on any atom is 0.416 e. The number of aromatic nitrogens is 6. The summed E-state index contributed by atoms with van der Waals surface area (Å²) < 4.78 is 54.5. The van der Waals surface area contributed by atoms with Gasteiger partial charge in [0.2, 0.25) is 0 Å². The van der Waals surface area contributed by atoms with E-state index in [4.69, 9.17) is 9.47 Å². The predicted molar refractivity (Wildman–Crippen MR) is 246 cm³/mol. The molecule has 1 saturated carbocycles. The quantitative estimate of drug-likeness (QED) is 0.108. The number of rotatable bonds is 12. The van der Waals surface area contributed by atoms with E-state index in [0.29, 0.717) is 50.1 Å². The van der Waals surface area contributed by atoms with Gasteiger partial charge in [0.15, 0.2) is 0 Å². The Hall–Kier alpha value is -5.37. The summed E-state index contributed by atoms with van der Waals surface area (Å²) in [4.78, 5) is 59.9. The molecular weight excluding hydrogens is 906 g/mol. The summed E-state index contributed by atoms with van der Waals surface area (Å²) in [5.41, 5.74) is 2.02. The molecule has 8 aromatic rings. The number of carbonyl (C=O) groups excluding carboxylic acids is 2. The summed E-state index contributed by atoms with van der Waals surface area (Å²) in [7, 11) is 0. The molecule has 0 spiro atoms. The minimum Gasteiger partial charge on any atom is -0.462 e. The van der Waals surface area contributed by atoms with Crippen LogP contribution in [0.2, 0.25) is 0 Å². The van der Waals surface area contributed by atoms with Crippen molar-refractivity contribution in [1.29, 1.82) is 0 Å². The third-order valence-corrected chi connectivity index (χ3v) is 14.5. The second-order valence-electron chi connectivity index (χ2n) is 15.6. The molecule has 1 aliphatic carbocycles. The van der Waals surface area contributed by atoms with Crippen molar-refractivity contribution >= 4 is 99.3 Å². The van der Waals surface area contributed by atoms with Gasteiger partial charge in [-0.3, -0.25) is 19.2 Å². The molecule has 0 N–H and O–H groups in total. The number of alkyl halides is 3. The Morgan fingerprint density at radius 2 is 1.25 bits per heavy atom. The Balaban J connectivity index is 0.000000175. The second kappa shape index (κ2) is 19.4. The first kappa shape index (κ1) is 45.2. The number of nitrogens with zero attached hydrogens (tertiary/aromatic N) is 6. The Bertz CT molecular complexity index is 3100. The van der Waals surface area contributed by atoms with Crippen molar-refractivity contribution in [2.24, 2.45) is 0 Å². The highest BCUT2D eigenvalue weighted by Gasteiger charge is 2.31. The molecule has 6 aromatic heterocycles. The van der Waals surface area contributed by atoms with Crippen molar-refractivity contribution in [1.82, 2.24) is 29.5 Å². The number of halogens is 3. The molecule has 9 rings (SSSR count). The molecule has 0 amide bonds. The molecule has 1 aliphatic rings. The van der Waals surface area contributed by atoms with Crippen LogP contribution in [0, 0.1) is 6.92 Å². The summed E-state index contributed by atoms with van der Waals surface area (Å²) in [5.74, 6) is -0.693. The molecule has 64 heavy (non-hydrogen) atoms. The Kier molecular flexibility index (Phi) is 13.7. The molecule has 2 aromatic carbocycles. The van der Waals surface area contributed by atoms with E-state index in [9.17, 15) is 32.3 Å². The highest BCUT2D eigenvalue weighted by molar-refractivity contribution is 7.18. The van der Waals surface area contributed by atoms with Gasteiger partial charge in [-0.1, -0.05) is 26.3 Å². The lowest BCUT2D eigenvalue weighted by atomic mass is 9.98. The topological polar surface area (TPSA) is 148 Å². The monoisotopic (exact) mass is 948 g/mol. The van der Waals surface area contributed by atoms with Crippen molar-refractivity contribution < 1.29 is 32.2 Å². The number of fused-ring (bicyclic) bond motifs is 4. The van der Waals surface area contributed by atoms with E-state index in [1.807, 2.05) is 37.6 Å². The molecule has 0 saturated heterocycles. The van der Waals surface area contributed by atoms with Gasteiger partial charge in [-0.2, -0.15) is 46.0 Å². The molecule has 0 bridgehead atoms. The van der Waals surface area contributed by atoms with Crippen LogP contribution in [0.3, 0.4) is 0 Å². The average molecular weight is 949 g/mol. The van der Waals surface area contributed by atoms with Crippen molar-refractivity contribution in [3.8, 4) is 0 Å². The first-order chi connectivity index (χ1) is 30.8. The molecule has 0 radical (unpaired) electrons. The fourth-order valence-electron chi connectivity index (χ4n) is 7.61. The van der Waals surface area contributed by atoms with E-state index < -0.39 is 17.7 Å². The zero-order valence-corrected chi connectivity index (χ0v) is 38.4. The summed E-state index contributed by atoms with van der Waals surface area (Å²) in [6, 6.07) is 9.53. The third-order valence-electron chi connectivity index (χ3n) is 11.0. The number of thiazole rings is 2. The largest absolute Gasteiger partial charge is 0.462 e. The minimum atomic E-state index is -4.46. The Morgan fingerprint density at radius 3 is 1.80 bits per heavy atom. The number of hydrogen-bond acceptors (Lipinski definition) is 14. The maximum absolute atomic E-state index is 13.0. The first-order valence-electron chi connectivity index (χ1n) is 20.9. The first-order valence-corrected chi connectivity index (χ1v) is 24.4. The summed E-state index contributed by atoms with van der Waals surface area (Å²) in [5, 5.41) is 19.8. The summed E-state index contributed by atoms with van der Waals surface area (Å²) in [6.45, 7) is 6.18. The van der Waals surface area contributed by atoms with Crippen molar-refractivity contribution in [2.75, 3.05) is 0 Å². The van der Waals surface area contributed by atoms with E-state index in [2.05, 4.69) is 32.3 Å². The van der Waals surface area contributed by atoms with Crippen molar-refractivity contribution in [3.63, 3.8) is 0 Å². The van der Waals surface area contributed by atoms with Crippen LogP contribution in [-0.2, 0) is 51.2 Å². The number of aryl methyl sites for hydroxylation is 1. The standard InChI is InChI=1S/C23H23N3O3S2.C22H20F3N3O3S2/c1-14-7-8-20-19(9-14)24-21(31-20)11-26-23(28)17-13-30-12-16(17)18(25-26)10-22(27)29-15-5-3-2-4-6-15;1-3-13(4-2)31-20(29)8-16-14-10-32-11-15(14)21(30)28(27-16)9-19-26-17-7-12(22(23,24)25)5-6-18(17)33-19/h7-9,12-13,15H,2-6,10-11H2,1H3;5-7,10-11,13H,3-4,8-9H2,1-2H3. The molecule has 0 atom stereocenters. The highest BCUT2D eigenvalue weighted by Crippen LogP contribution is 2.33. The lowest BCUT2D eigenvalue weighted by Gasteiger charge is -2.21. The van der Waals surface area contributed by atoms with Gasteiger partial charge in [0.1, 0.15) is 22.2 Å². The van der Waals surface area contributed by atoms with Gasteiger partial charge in [-0.15, -0.1) is 22.7 Å². The van der Waals surface area contributed by atoms with Gasteiger partial charge in [0, 0.05) is 32.3 Å². The Morgan fingerprint density at radius 1 is 0.734 bits per heavy atom. The number of benzene rings is 2. The van der Waals surface area contributed by atoms with E-state index >= 15 is 0 Å². The van der Waals surface area contributed by atoms with Crippen LogP contribution in [0.4, 0.5) is 13.2 Å². The SMILES string of the molecule is CCC(CC)OC(=O)Cc1nn(Cc2nc3cc(C(F)(F)F)ccc3s2)c(=O)c2cscc12.Cc1ccc2sc(Cn3nc(CC(=O)OC4CCCCC4)c4cscc4c3=O)nc2c1. The number of hydrogen-bond donors (Lipinski definition) is 0. The predicted octanol–water partition coefficient (Wildman–Crippen LogP) is 10.3. The van der Waals surface area contributed by atoms with Gasteiger partial charge < -0.3 is 9.47 Å². The second-order valence-corrected chi connectivity index (χ2v) is 19.3. The van der Waals surface area contributed by atoms with Crippen LogP contribution in [0.15, 0.2) is 67.5 Å². The molecule has 0 unspecified atom stereocenters. The zero-order chi connectivity index (χ0) is 45.1. The van der Waals surface area contributed by atoms with Gasteiger partial charge in [-0.25, -0.2) is 19.3 Å². The van der Waals surface area contributed by atoms with E-state index in [0.717, 1.165) is 64.0 Å². The fraction of sp³-hybridized carbons (Fsp3) is 0.378. The van der Waals surface area contributed by atoms with Gasteiger partial charge in [-0.05, 0) is 81.3 Å². The molecule has 1 fully saturated rings.